The molecule has 110 valence electrons. The topological polar surface area (TPSA) is 76.7 Å². The largest absolute Gasteiger partial charge is 0.386 e. The highest BCUT2D eigenvalue weighted by Crippen LogP contribution is 2.06. The summed E-state index contributed by atoms with van der Waals surface area (Å²) in [4.78, 5) is 16.5. The minimum Gasteiger partial charge on any atom is -0.386 e. The summed E-state index contributed by atoms with van der Waals surface area (Å²) in [5.41, 5.74) is 2.18. The van der Waals surface area contributed by atoms with Crippen molar-refractivity contribution < 1.29 is 14.2 Å². The molecule has 0 aliphatic rings. The molecule has 21 heavy (non-hydrogen) atoms. The number of anilines is 1. The predicted octanol–water partition coefficient (Wildman–Crippen LogP) is 2.53. The van der Waals surface area contributed by atoms with Crippen LogP contribution < -0.4 is 5.32 Å². The van der Waals surface area contributed by atoms with Crippen LogP contribution in [0.15, 0.2) is 40.0 Å². The van der Waals surface area contributed by atoms with E-state index in [1.807, 2.05) is 24.3 Å². The molecular formula is C15H17N3O3. The lowest BCUT2D eigenvalue weighted by molar-refractivity contribution is -0.120. The van der Waals surface area contributed by atoms with Gasteiger partial charge in [0.15, 0.2) is 12.4 Å². The highest BCUT2D eigenvalue weighted by Gasteiger charge is 2.05. The molecule has 0 spiro atoms. The Hall–Kier alpha value is -2.63. The van der Waals surface area contributed by atoms with Gasteiger partial charge in [-0.15, -0.1) is 0 Å². The second-order valence-corrected chi connectivity index (χ2v) is 4.47. The normalized spacial score (nSPS) is 10.8. The molecule has 2 rings (SSSR count). The van der Waals surface area contributed by atoms with Gasteiger partial charge in [0, 0.05) is 6.07 Å². The van der Waals surface area contributed by atoms with Crippen molar-refractivity contribution in [1.82, 2.24) is 5.16 Å². The average Bonchev–Trinajstić information content (AvgIpc) is 2.89. The Bertz CT molecular complexity index is 617. The summed E-state index contributed by atoms with van der Waals surface area (Å²) in [6, 6.07) is 9.58. The number of carbonyl (C=O) groups excluding carboxylic acids is 1. The molecule has 0 radical (unpaired) electrons. The van der Waals surface area contributed by atoms with Crippen molar-refractivity contribution in [1.29, 1.82) is 0 Å². The Balaban J connectivity index is 1.75. The maximum atomic E-state index is 11.5. The van der Waals surface area contributed by atoms with Crippen LogP contribution in [-0.4, -0.2) is 23.9 Å². The minimum atomic E-state index is -0.346. The minimum absolute atomic E-state index is 0.185. The number of nitrogens with zero attached hydrogens (tertiary/aromatic N) is 2. The number of aromatic nitrogens is 1. The zero-order valence-corrected chi connectivity index (χ0v) is 12.0. The van der Waals surface area contributed by atoms with Gasteiger partial charge in [-0.2, -0.15) is 0 Å². The number of oxime groups is 1. The second-order valence-electron chi connectivity index (χ2n) is 4.47. The number of nitrogens with one attached hydrogen (secondary N) is 1. The third kappa shape index (κ3) is 4.76. The van der Waals surface area contributed by atoms with E-state index in [-0.39, 0.29) is 12.5 Å². The van der Waals surface area contributed by atoms with E-state index in [0.717, 1.165) is 12.0 Å². The molecule has 1 aromatic heterocycles. The Morgan fingerprint density at radius 2 is 2.19 bits per heavy atom. The zero-order chi connectivity index (χ0) is 15.1. The summed E-state index contributed by atoms with van der Waals surface area (Å²) in [5.74, 6) is 0.641. The van der Waals surface area contributed by atoms with E-state index in [2.05, 4.69) is 22.6 Å². The van der Waals surface area contributed by atoms with Crippen LogP contribution >= 0.6 is 0 Å². The van der Waals surface area contributed by atoms with Crippen molar-refractivity contribution in [3.63, 3.8) is 0 Å². The number of hydrogen-bond donors (Lipinski definition) is 1. The average molecular weight is 287 g/mol. The number of amides is 1. The third-order valence-electron chi connectivity index (χ3n) is 2.76. The molecule has 6 nitrogen and oxygen atoms in total. The van der Waals surface area contributed by atoms with Crippen LogP contribution in [0.3, 0.4) is 0 Å². The molecule has 1 heterocycles. The maximum Gasteiger partial charge on any atom is 0.266 e. The highest BCUT2D eigenvalue weighted by atomic mass is 16.6. The Labute approximate surface area is 122 Å². The maximum absolute atomic E-state index is 11.5. The van der Waals surface area contributed by atoms with Crippen LogP contribution in [0.5, 0.6) is 0 Å². The van der Waals surface area contributed by atoms with Crippen molar-refractivity contribution in [3.05, 3.63) is 47.2 Å². The molecule has 1 aromatic carbocycles. The van der Waals surface area contributed by atoms with Gasteiger partial charge >= 0.3 is 0 Å². The zero-order valence-electron chi connectivity index (χ0n) is 12.0. The van der Waals surface area contributed by atoms with Gasteiger partial charge in [0.05, 0.1) is 6.21 Å². The van der Waals surface area contributed by atoms with Gasteiger partial charge < -0.3 is 14.7 Å². The van der Waals surface area contributed by atoms with Crippen molar-refractivity contribution in [2.24, 2.45) is 5.16 Å². The van der Waals surface area contributed by atoms with Gasteiger partial charge in [-0.3, -0.25) is 4.79 Å². The monoisotopic (exact) mass is 287 g/mol. The molecular weight excluding hydrogens is 270 g/mol. The summed E-state index contributed by atoms with van der Waals surface area (Å²) in [6.45, 7) is 3.66. The highest BCUT2D eigenvalue weighted by molar-refractivity contribution is 5.90. The standard InChI is InChI=1S/C15H17N3O3/c1-3-12-4-6-13(7-5-12)9-16-20-10-15(19)17-14-8-11(2)21-18-14/h4-9H,3,10H2,1-2H3,(H,17,18,19)/b16-9-. The first-order valence-electron chi connectivity index (χ1n) is 6.65. The summed E-state index contributed by atoms with van der Waals surface area (Å²) in [7, 11) is 0. The molecule has 6 heteroatoms. The quantitative estimate of drug-likeness (QED) is 0.654. The number of aryl methyl sites for hydroxylation is 2. The predicted molar refractivity (Wildman–Crippen MR) is 79.2 cm³/mol. The smallest absolute Gasteiger partial charge is 0.266 e. The lowest BCUT2D eigenvalue weighted by Gasteiger charge is -2.00. The molecule has 2 aromatic rings. The van der Waals surface area contributed by atoms with E-state index in [0.29, 0.717) is 11.6 Å². The number of hydrogen-bond acceptors (Lipinski definition) is 5. The van der Waals surface area contributed by atoms with Crippen LogP contribution in [0, 0.1) is 6.92 Å². The van der Waals surface area contributed by atoms with E-state index in [1.54, 1.807) is 19.2 Å². The molecule has 1 N–H and O–H groups in total. The van der Waals surface area contributed by atoms with Gasteiger partial charge in [0.2, 0.25) is 0 Å². The fourth-order valence-electron chi connectivity index (χ4n) is 1.64. The van der Waals surface area contributed by atoms with Gasteiger partial charge in [-0.05, 0) is 24.5 Å². The summed E-state index contributed by atoms with van der Waals surface area (Å²) in [5, 5.41) is 9.93. The molecule has 0 fully saturated rings. The molecule has 0 atom stereocenters. The van der Waals surface area contributed by atoms with Crippen molar-refractivity contribution >= 4 is 17.9 Å². The number of benzene rings is 1. The van der Waals surface area contributed by atoms with Crippen molar-refractivity contribution in [3.8, 4) is 0 Å². The first-order valence-corrected chi connectivity index (χ1v) is 6.65. The van der Waals surface area contributed by atoms with E-state index in [1.165, 1.54) is 5.56 Å². The second kappa shape index (κ2) is 7.23. The lowest BCUT2D eigenvalue weighted by atomic mass is 10.1. The molecule has 0 aliphatic heterocycles. The van der Waals surface area contributed by atoms with Gasteiger partial charge in [0.25, 0.3) is 5.91 Å². The van der Waals surface area contributed by atoms with Crippen LogP contribution in [0.1, 0.15) is 23.8 Å². The summed E-state index contributed by atoms with van der Waals surface area (Å²) >= 11 is 0. The lowest BCUT2D eigenvalue weighted by Crippen LogP contribution is -2.17. The molecule has 0 bridgehead atoms. The van der Waals surface area contributed by atoms with Crippen LogP contribution in [0.25, 0.3) is 0 Å². The summed E-state index contributed by atoms with van der Waals surface area (Å²) in [6.07, 6.45) is 2.56. The first kappa shape index (κ1) is 14.8. The number of carbonyl (C=O) groups is 1. The van der Waals surface area contributed by atoms with Crippen LogP contribution in [-0.2, 0) is 16.1 Å². The molecule has 0 saturated heterocycles. The fraction of sp³-hybridized carbons (Fsp3) is 0.267. The third-order valence-corrected chi connectivity index (χ3v) is 2.76. The Morgan fingerprint density at radius 3 is 2.81 bits per heavy atom. The van der Waals surface area contributed by atoms with Gasteiger partial charge in [0.1, 0.15) is 5.76 Å². The van der Waals surface area contributed by atoms with Crippen molar-refractivity contribution in [2.45, 2.75) is 20.3 Å². The Kier molecular flexibility index (Phi) is 5.09. The van der Waals surface area contributed by atoms with E-state index < -0.39 is 0 Å². The van der Waals surface area contributed by atoms with Crippen LogP contribution in [0.2, 0.25) is 0 Å². The first-order chi connectivity index (χ1) is 10.2. The van der Waals surface area contributed by atoms with Gasteiger partial charge in [-0.25, -0.2) is 0 Å². The SMILES string of the molecule is CCc1ccc(/C=N\OCC(=O)Nc2cc(C)on2)cc1. The van der Waals surface area contributed by atoms with E-state index in [9.17, 15) is 4.79 Å². The van der Waals surface area contributed by atoms with E-state index >= 15 is 0 Å². The number of rotatable bonds is 6. The molecule has 0 saturated carbocycles. The van der Waals surface area contributed by atoms with E-state index in [4.69, 9.17) is 9.36 Å². The molecule has 0 aliphatic carbocycles. The Morgan fingerprint density at radius 1 is 1.43 bits per heavy atom. The van der Waals surface area contributed by atoms with Crippen LogP contribution in [0.4, 0.5) is 5.82 Å². The fourth-order valence-corrected chi connectivity index (χ4v) is 1.64. The summed E-state index contributed by atoms with van der Waals surface area (Å²) < 4.78 is 4.83. The molecule has 1 amide bonds. The van der Waals surface area contributed by atoms with Gasteiger partial charge in [-0.1, -0.05) is 41.5 Å². The molecule has 0 unspecified atom stereocenters. The van der Waals surface area contributed by atoms with Crippen molar-refractivity contribution in [2.75, 3.05) is 11.9 Å².